The summed E-state index contributed by atoms with van der Waals surface area (Å²) < 4.78 is 0. The number of hydrogen-bond acceptors (Lipinski definition) is 3. The van der Waals surface area contributed by atoms with Crippen molar-refractivity contribution in [2.75, 3.05) is 11.4 Å². The summed E-state index contributed by atoms with van der Waals surface area (Å²) in [5.74, 6) is 0. The normalized spacial score (nSPS) is 14.5. The molecule has 0 amide bonds. The van der Waals surface area contributed by atoms with Gasteiger partial charge in [0.25, 0.3) is 0 Å². The molecule has 0 saturated heterocycles. The molecule has 2 heterocycles. The van der Waals surface area contributed by atoms with Crippen LogP contribution in [0.15, 0.2) is 36.9 Å². The number of aromatic nitrogens is 2. The molecule has 0 spiro atoms. The third kappa shape index (κ3) is 2.00. The van der Waals surface area contributed by atoms with Crippen LogP contribution < -0.4 is 4.90 Å². The van der Waals surface area contributed by atoms with Crippen molar-refractivity contribution in [1.82, 2.24) is 9.97 Å². The molecule has 0 radical (unpaired) electrons. The maximum Gasteiger partial charge on any atom is 0.115 e. The second kappa shape index (κ2) is 4.17. The Hall–Kier alpha value is -1.90. The van der Waals surface area contributed by atoms with Gasteiger partial charge in [-0.1, -0.05) is 23.8 Å². The van der Waals surface area contributed by atoms with Crippen molar-refractivity contribution in [2.24, 2.45) is 0 Å². The molecule has 86 valence electrons. The highest BCUT2D eigenvalue weighted by Gasteiger charge is 2.16. The molecule has 0 aliphatic carbocycles. The summed E-state index contributed by atoms with van der Waals surface area (Å²) in [6.07, 6.45) is 6.44. The van der Waals surface area contributed by atoms with Gasteiger partial charge in [0.1, 0.15) is 6.33 Å². The van der Waals surface area contributed by atoms with Gasteiger partial charge in [0, 0.05) is 13.1 Å². The van der Waals surface area contributed by atoms with E-state index >= 15 is 0 Å². The molecule has 1 aliphatic heterocycles. The quantitative estimate of drug-likeness (QED) is 0.746. The molecular formula is C14H15N3. The van der Waals surface area contributed by atoms with Crippen LogP contribution in [0.5, 0.6) is 0 Å². The van der Waals surface area contributed by atoms with Crippen LogP contribution in [0, 0.1) is 6.92 Å². The molecule has 2 aromatic rings. The summed E-state index contributed by atoms with van der Waals surface area (Å²) in [5, 5.41) is 0. The van der Waals surface area contributed by atoms with Gasteiger partial charge in [0.15, 0.2) is 0 Å². The van der Waals surface area contributed by atoms with E-state index in [4.69, 9.17) is 0 Å². The molecule has 0 unspecified atom stereocenters. The number of fused-ring (bicyclic) bond motifs is 1. The van der Waals surface area contributed by atoms with Crippen molar-refractivity contribution in [3.8, 4) is 0 Å². The largest absolute Gasteiger partial charge is 0.364 e. The van der Waals surface area contributed by atoms with Gasteiger partial charge < -0.3 is 4.90 Å². The summed E-state index contributed by atoms with van der Waals surface area (Å²) in [6, 6.07) is 6.73. The first kappa shape index (κ1) is 10.3. The summed E-state index contributed by atoms with van der Waals surface area (Å²) >= 11 is 0. The fourth-order valence-corrected chi connectivity index (χ4v) is 2.36. The van der Waals surface area contributed by atoms with E-state index < -0.39 is 0 Å². The van der Waals surface area contributed by atoms with Crippen LogP contribution in [0.4, 0.5) is 5.69 Å². The minimum Gasteiger partial charge on any atom is -0.364 e. The fraction of sp³-hybridized carbons (Fsp3) is 0.286. The van der Waals surface area contributed by atoms with Gasteiger partial charge in [-0.25, -0.2) is 9.97 Å². The highest BCUT2D eigenvalue weighted by Crippen LogP contribution is 2.23. The Kier molecular flexibility index (Phi) is 2.52. The molecule has 0 saturated carbocycles. The van der Waals surface area contributed by atoms with E-state index in [1.165, 1.54) is 16.7 Å². The van der Waals surface area contributed by atoms with Crippen molar-refractivity contribution in [3.63, 3.8) is 0 Å². The number of rotatable bonds is 1. The fourth-order valence-electron chi connectivity index (χ4n) is 2.36. The van der Waals surface area contributed by atoms with Crippen molar-refractivity contribution in [3.05, 3.63) is 53.6 Å². The molecule has 1 aromatic heterocycles. The molecule has 1 aliphatic rings. The molecule has 0 bridgehead atoms. The van der Waals surface area contributed by atoms with Gasteiger partial charge in [0.05, 0.1) is 18.1 Å². The smallest absolute Gasteiger partial charge is 0.115 e. The Morgan fingerprint density at radius 1 is 1.12 bits per heavy atom. The van der Waals surface area contributed by atoms with Crippen LogP contribution in [0.2, 0.25) is 0 Å². The molecule has 3 heteroatoms. The van der Waals surface area contributed by atoms with Crippen molar-refractivity contribution in [1.29, 1.82) is 0 Å². The molecule has 3 nitrogen and oxygen atoms in total. The summed E-state index contributed by atoms with van der Waals surface area (Å²) in [5.41, 5.74) is 5.35. The minimum atomic E-state index is 0.963. The first-order valence-electron chi connectivity index (χ1n) is 5.91. The van der Waals surface area contributed by atoms with Gasteiger partial charge in [-0.15, -0.1) is 0 Å². The van der Waals surface area contributed by atoms with E-state index in [2.05, 4.69) is 40.0 Å². The van der Waals surface area contributed by atoms with Crippen molar-refractivity contribution < 1.29 is 0 Å². The van der Waals surface area contributed by atoms with Crippen LogP contribution in [-0.4, -0.2) is 16.5 Å². The van der Waals surface area contributed by atoms with Crippen LogP contribution in [0.3, 0.4) is 0 Å². The summed E-state index contributed by atoms with van der Waals surface area (Å²) in [4.78, 5) is 10.5. The summed E-state index contributed by atoms with van der Waals surface area (Å²) in [7, 11) is 0. The molecule has 17 heavy (non-hydrogen) atoms. The number of anilines is 1. The Morgan fingerprint density at radius 2 is 1.94 bits per heavy atom. The first-order valence-corrected chi connectivity index (χ1v) is 5.91. The minimum absolute atomic E-state index is 0.963. The van der Waals surface area contributed by atoms with E-state index in [1.54, 1.807) is 6.33 Å². The highest BCUT2D eigenvalue weighted by molar-refractivity contribution is 5.46. The van der Waals surface area contributed by atoms with Gasteiger partial charge in [0.2, 0.25) is 0 Å². The van der Waals surface area contributed by atoms with E-state index in [0.717, 1.165) is 25.2 Å². The van der Waals surface area contributed by atoms with Gasteiger partial charge in [-0.3, -0.25) is 0 Å². The highest BCUT2D eigenvalue weighted by atomic mass is 15.1. The van der Waals surface area contributed by atoms with Gasteiger partial charge in [-0.05, 0) is 24.5 Å². The maximum absolute atomic E-state index is 4.08. The van der Waals surface area contributed by atoms with Gasteiger partial charge in [-0.2, -0.15) is 0 Å². The zero-order valence-corrected chi connectivity index (χ0v) is 9.93. The molecule has 0 N–H and O–H groups in total. The Bertz CT molecular complexity index is 522. The lowest BCUT2D eigenvalue weighted by Crippen LogP contribution is -2.30. The predicted molar refractivity (Wildman–Crippen MR) is 68.0 cm³/mol. The number of benzene rings is 1. The van der Waals surface area contributed by atoms with E-state index in [1.807, 2.05) is 12.4 Å². The molecular weight excluding hydrogens is 210 g/mol. The van der Waals surface area contributed by atoms with Crippen molar-refractivity contribution >= 4 is 5.69 Å². The summed E-state index contributed by atoms with van der Waals surface area (Å²) in [6.45, 7) is 4.15. The second-order valence-corrected chi connectivity index (χ2v) is 4.54. The first-order chi connectivity index (χ1) is 8.33. The standard InChI is InChI=1S/C14H15N3/c1-11-2-3-12-4-5-17(9-13(12)6-11)14-7-15-10-16-8-14/h2-3,6-8,10H,4-5,9H2,1H3. The third-order valence-corrected chi connectivity index (χ3v) is 3.29. The van der Waals surface area contributed by atoms with Gasteiger partial charge >= 0.3 is 0 Å². The third-order valence-electron chi connectivity index (χ3n) is 3.29. The van der Waals surface area contributed by atoms with Crippen LogP contribution in [0.25, 0.3) is 0 Å². The van der Waals surface area contributed by atoms with E-state index in [0.29, 0.717) is 0 Å². The van der Waals surface area contributed by atoms with Crippen molar-refractivity contribution in [2.45, 2.75) is 19.9 Å². The zero-order valence-electron chi connectivity index (χ0n) is 9.93. The van der Waals surface area contributed by atoms with Crippen LogP contribution in [0.1, 0.15) is 16.7 Å². The molecule has 3 rings (SSSR count). The average molecular weight is 225 g/mol. The monoisotopic (exact) mass is 225 g/mol. The lowest BCUT2D eigenvalue weighted by Gasteiger charge is -2.30. The Morgan fingerprint density at radius 3 is 2.76 bits per heavy atom. The molecule has 0 fully saturated rings. The zero-order chi connectivity index (χ0) is 11.7. The number of nitrogens with zero attached hydrogens (tertiary/aromatic N) is 3. The number of hydrogen-bond donors (Lipinski definition) is 0. The molecule has 0 atom stereocenters. The predicted octanol–water partition coefficient (Wildman–Crippen LogP) is 2.35. The SMILES string of the molecule is Cc1ccc2c(c1)CN(c1cncnc1)CC2. The van der Waals surface area contributed by atoms with Crippen LogP contribution in [-0.2, 0) is 13.0 Å². The van der Waals surface area contributed by atoms with E-state index in [9.17, 15) is 0 Å². The van der Waals surface area contributed by atoms with Crippen LogP contribution >= 0.6 is 0 Å². The molecule has 1 aromatic carbocycles. The maximum atomic E-state index is 4.08. The lowest BCUT2D eigenvalue weighted by atomic mass is 9.97. The Balaban J connectivity index is 1.90. The topological polar surface area (TPSA) is 29.0 Å². The average Bonchev–Trinajstić information content (AvgIpc) is 2.39. The Labute approximate surface area is 101 Å². The van der Waals surface area contributed by atoms with E-state index in [-0.39, 0.29) is 0 Å². The second-order valence-electron chi connectivity index (χ2n) is 4.54. The number of aryl methyl sites for hydroxylation is 1. The lowest BCUT2D eigenvalue weighted by molar-refractivity contribution is 0.727.